The first-order valence-electron chi connectivity index (χ1n) is 8.73. The number of carbonyl (C=O) groups excluding carboxylic acids is 1. The number of hydrogen-bond donors (Lipinski definition) is 0. The third-order valence-corrected chi connectivity index (χ3v) is 4.84. The molecule has 26 heavy (non-hydrogen) atoms. The van der Waals surface area contributed by atoms with Crippen LogP contribution in [-0.2, 0) is 0 Å². The second kappa shape index (κ2) is 6.77. The Morgan fingerprint density at radius 1 is 0.962 bits per heavy atom. The van der Waals surface area contributed by atoms with E-state index in [-0.39, 0.29) is 11.3 Å². The molecule has 0 bridgehead atoms. The molecule has 0 radical (unpaired) electrons. The molecule has 2 heterocycles. The Kier molecular flexibility index (Phi) is 4.31. The van der Waals surface area contributed by atoms with E-state index in [0.29, 0.717) is 22.3 Å². The molecular formula is C21H20N2O3. The van der Waals surface area contributed by atoms with Crippen LogP contribution in [0.4, 0.5) is 0 Å². The molecule has 0 atom stereocenters. The lowest BCUT2D eigenvalue weighted by atomic mass is 10.1. The van der Waals surface area contributed by atoms with E-state index in [9.17, 15) is 9.59 Å². The summed E-state index contributed by atoms with van der Waals surface area (Å²) in [5.74, 6) is 0.553. The lowest BCUT2D eigenvalue weighted by molar-refractivity contribution is 0.0664. The Labute approximate surface area is 151 Å². The fourth-order valence-corrected chi connectivity index (χ4v) is 3.22. The molecule has 1 amide bonds. The summed E-state index contributed by atoms with van der Waals surface area (Å²) >= 11 is 0. The van der Waals surface area contributed by atoms with Crippen LogP contribution in [-0.4, -0.2) is 48.9 Å². The van der Waals surface area contributed by atoms with Crippen LogP contribution in [0.3, 0.4) is 0 Å². The zero-order valence-electron chi connectivity index (χ0n) is 14.6. The number of rotatable bonds is 2. The molecule has 2 aromatic carbocycles. The molecule has 0 spiro atoms. The molecule has 3 aromatic rings. The van der Waals surface area contributed by atoms with Gasteiger partial charge in [-0.15, -0.1) is 0 Å². The van der Waals surface area contributed by atoms with Gasteiger partial charge in [0.1, 0.15) is 11.3 Å². The summed E-state index contributed by atoms with van der Waals surface area (Å²) in [6.07, 6.45) is 0. The summed E-state index contributed by atoms with van der Waals surface area (Å²) in [5.41, 5.74) is 1.93. The number of likely N-dealkylation sites (N-methyl/N-ethyl adjacent to an activating group) is 1. The van der Waals surface area contributed by atoms with Crippen molar-refractivity contribution in [1.29, 1.82) is 0 Å². The molecule has 1 aliphatic rings. The molecular weight excluding hydrogens is 328 g/mol. The maximum atomic E-state index is 12.6. The highest BCUT2D eigenvalue weighted by molar-refractivity contribution is 5.94. The van der Waals surface area contributed by atoms with E-state index in [1.54, 1.807) is 24.3 Å². The van der Waals surface area contributed by atoms with Crippen molar-refractivity contribution in [1.82, 2.24) is 9.80 Å². The predicted octanol–water partition coefficient (Wildman–Crippen LogP) is 2.85. The standard InChI is InChI=1S/C21H20N2O3/c1-22-10-12-23(13-11-22)21(25)16-8-6-15(7-9-16)20-14-18(24)17-4-2-3-5-19(17)26-20/h2-9,14H,10-13H2,1H3. The van der Waals surface area contributed by atoms with Gasteiger partial charge in [-0.05, 0) is 31.3 Å². The van der Waals surface area contributed by atoms with Gasteiger partial charge in [0.2, 0.25) is 0 Å². The average molecular weight is 348 g/mol. The summed E-state index contributed by atoms with van der Waals surface area (Å²) in [7, 11) is 2.06. The number of piperazine rings is 1. The highest BCUT2D eigenvalue weighted by atomic mass is 16.3. The maximum absolute atomic E-state index is 12.6. The smallest absolute Gasteiger partial charge is 0.253 e. The molecule has 4 rings (SSSR count). The molecule has 0 saturated carbocycles. The van der Waals surface area contributed by atoms with Crippen LogP contribution in [0.5, 0.6) is 0 Å². The van der Waals surface area contributed by atoms with E-state index in [4.69, 9.17) is 4.42 Å². The Hall–Kier alpha value is -2.92. The van der Waals surface area contributed by atoms with E-state index >= 15 is 0 Å². The number of hydrogen-bond acceptors (Lipinski definition) is 4. The Morgan fingerprint density at radius 3 is 2.38 bits per heavy atom. The highest BCUT2D eigenvalue weighted by Crippen LogP contribution is 2.23. The normalized spacial score (nSPS) is 15.3. The second-order valence-electron chi connectivity index (χ2n) is 6.64. The van der Waals surface area contributed by atoms with Crippen molar-refractivity contribution < 1.29 is 9.21 Å². The van der Waals surface area contributed by atoms with Crippen molar-refractivity contribution in [2.75, 3.05) is 33.2 Å². The van der Waals surface area contributed by atoms with Crippen LogP contribution in [0.2, 0.25) is 0 Å². The van der Waals surface area contributed by atoms with Crippen molar-refractivity contribution in [2.45, 2.75) is 0 Å². The minimum absolute atomic E-state index is 0.0459. The van der Waals surface area contributed by atoms with Gasteiger partial charge in [0.05, 0.1) is 5.39 Å². The summed E-state index contributed by atoms with van der Waals surface area (Å²) in [6, 6.07) is 15.9. The Bertz CT molecular complexity index is 1000. The molecule has 5 nitrogen and oxygen atoms in total. The maximum Gasteiger partial charge on any atom is 0.253 e. The molecule has 0 aliphatic carbocycles. The van der Waals surface area contributed by atoms with Crippen LogP contribution in [0.1, 0.15) is 10.4 Å². The van der Waals surface area contributed by atoms with Gasteiger partial charge in [0.15, 0.2) is 5.43 Å². The average Bonchev–Trinajstić information content (AvgIpc) is 2.68. The van der Waals surface area contributed by atoms with Crippen LogP contribution < -0.4 is 5.43 Å². The molecule has 1 fully saturated rings. The molecule has 132 valence electrons. The van der Waals surface area contributed by atoms with Crippen LogP contribution >= 0.6 is 0 Å². The first kappa shape index (κ1) is 16.5. The van der Waals surface area contributed by atoms with E-state index in [1.807, 2.05) is 29.2 Å². The van der Waals surface area contributed by atoms with E-state index in [1.165, 1.54) is 6.07 Å². The van der Waals surface area contributed by atoms with Gasteiger partial charge >= 0.3 is 0 Å². The van der Waals surface area contributed by atoms with E-state index < -0.39 is 0 Å². The van der Waals surface area contributed by atoms with E-state index in [0.717, 1.165) is 31.7 Å². The number of benzene rings is 2. The lowest BCUT2D eigenvalue weighted by Gasteiger charge is -2.32. The second-order valence-corrected chi connectivity index (χ2v) is 6.64. The van der Waals surface area contributed by atoms with Crippen LogP contribution in [0.15, 0.2) is 63.8 Å². The number of carbonyl (C=O) groups is 1. The van der Waals surface area contributed by atoms with Crippen molar-refractivity contribution in [2.24, 2.45) is 0 Å². The Morgan fingerprint density at radius 2 is 1.65 bits per heavy atom. The number of amides is 1. The summed E-state index contributed by atoms with van der Waals surface area (Å²) in [6.45, 7) is 3.28. The van der Waals surface area contributed by atoms with Gasteiger partial charge < -0.3 is 14.2 Å². The monoisotopic (exact) mass is 348 g/mol. The summed E-state index contributed by atoms with van der Waals surface area (Å²) in [4.78, 5) is 29.0. The quantitative estimate of drug-likeness (QED) is 0.715. The van der Waals surface area contributed by atoms with Gasteiger partial charge in [-0.25, -0.2) is 0 Å². The first-order chi connectivity index (χ1) is 12.6. The largest absolute Gasteiger partial charge is 0.456 e. The van der Waals surface area contributed by atoms with Gasteiger partial charge in [-0.1, -0.05) is 24.3 Å². The number of fused-ring (bicyclic) bond motifs is 1. The molecule has 0 N–H and O–H groups in total. The van der Waals surface area contributed by atoms with Gasteiger partial charge in [-0.3, -0.25) is 9.59 Å². The zero-order valence-corrected chi connectivity index (χ0v) is 14.6. The third-order valence-electron chi connectivity index (χ3n) is 4.84. The van der Waals surface area contributed by atoms with Crippen LogP contribution in [0, 0.1) is 0 Å². The SMILES string of the molecule is CN1CCN(C(=O)c2ccc(-c3cc(=O)c4ccccc4o3)cc2)CC1. The highest BCUT2D eigenvalue weighted by Gasteiger charge is 2.20. The van der Waals surface area contributed by atoms with Gasteiger partial charge in [0.25, 0.3) is 5.91 Å². The van der Waals surface area contributed by atoms with Crippen molar-refractivity contribution in [3.05, 3.63) is 70.4 Å². The minimum Gasteiger partial charge on any atom is -0.456 e. The minimum atomic E-state index is -0.0700. The third kappa shape index (κ3) is 3.13. The molecule has 1 aliphatic heterocycles. The predicted molar refractivity (Wildman–Crippen MR) is 101 cm³/mol. The van der Waals surface area contributed by atoms with Crippen molar-refractivity contribution >= 4 is 16.9 Å². The number of nitrogens with zero attached hydrogens (tertiary/aromatic N) is 2. The fraction of sp³-hybridized carbons (Fsp3) is 0.238. The van der Waals surface area contributed by atoms with Crippen molar-refractivity contribution in [3.63, 3.8) is 0 Å². The van der Waals surface area contributed by atoms with Crippen molar-refractivity contribution in [3.8, 4) is 11.3 Å². The number of para-hydroxylation sites is 1. The summed E-state index contributed by atoms with van der Waals surface area (Å²) < 4.78 is 5.86. The summed E-state index contributed by atoms with van der Waals surface area (Å²) in [5, 5.41) is 0.568. The molecule has 1 aromatic heterocycles. The van der Waals surface area contributed by atoms with E-state index in [2.05, 4.69) is 11.9 Å². The molecule has 5 heteroatoms. The Balaban J connectivity index is 1.60. The van der Waals surface area contributed by atoms with Crippen LogP contribution in [0.25, 0.3) is 22.3 Å². The molecule has 0 unspecified atom stereocenters. The molecule has 1 saturated heterocycles. The lowest BCUT2D eigenvalue weighted by Crippen LogP contribution is -2.47. The first-order valence-corrected chi connectivity index (χ1v) is 8.73. The topological polar surface area (TPSA) is 53.8 Å². The van der Waals surface area contributed by atoms with Gasteiger partial charge in [-0.2, -0.15) is 0 Å². The fourth-order valence-electron chi connectivity index (χ4n) is 3.22. The zero-order chi connectivity index (χ0) is 18.1. The van der Waals surface area contributed by atoms with Gasteiger partial charge in [0, 0.05) is 43.4 Å².